The zero-order valence-corrected chi connectivity index (χ0v) is 23.2. The van der Waals surface area contributed by atoms with Gasteiger partial charge in [-0.25, -0.2) is 0 Å². The molecule has 2 aromatic heterocycles. The van der Waals surface area contributed by atoms with Gasteiger partial charge < -0.3 is 20.1 Å². The van der Waals surface area contributed by atoms with Crippen molar-refractivity contribution >= 4 is 40.5 Å². The standard InChI is InChI=1S/C30H30ClN5OS/c1-19-8-6-10-23(16-19)33-27(37)13-15-35-29(28(34-30(35)38)26-12-4-5-14-32-26)25-17-20(2)36(21(25)3)24-11-7-9-22(31)18-24/h4-12,14,16-18,28-29H,13,15H2,1-3H3,(H,33,37)(H,34,38)/t28-,29+/m1/s1. The molecule has 2 N–H and O–H groups in total. The summed E-state index contributed by atoms with van der Waals surface area (Å²) in [5, 5.41) is 7.80. The summed E-state index contributed by atoms with van der Waals surface area (Å²) < 4.78 is 2.21. The number of carbonyl (C=O) groups is 1. The highest BCUT2D eigenvalue weighted by atomic mass is 35.5. The molecule has 1 fully saturated rings. The van der Waals surface area contributed by atoms with Crippen molar-refractivity contribution < 1.29 is 4.79 Å². The van der Waals surface area contributed by atoms with E-state index in [1.165, 1.54) is 0 Å². The molecule has 1 aliphatic rings. The Morgan fingerprint density at radius 2 is 1.87 bits per heavy atom. The number of rotatable bonds is 7. The number of anilines is 1. The monoisotopic (exact) mass is 543 g/mol. The van der Waals surface area contributed by atoms with E-state index in [2.05, 4.69) is 51.1 Å². The van der Waals surface area contributed by atoms with Crippen LogP contribution in [-0.2, 0) is 4.79 Å². The Morgan fingerprint density at radius 3 is 2.61 bits per heavy atom. The summed E-state index contributed by atoms with van der Waals surface area (Å²) in [6.07, 6.45) is 2.10. The summed E-state index contributed by atoms with van der Waals surface area (Å²) in [5.41, 5.74) is 7.12. The molecule has 0 aliphatic carbocycles. The van der Waals surface area contributed by atoms with E-state index < -0.39 is 0 Å². The molecule has 38 heavy (non-hydrogen) atoms. The second-order valence-corrected chi connectivity index (χ2v) is 10.5. The number of nitrogens with one attached hydrogen (secondary N) is 2. The maximum absolute atomic E-state index is 12.9. The van der Waals surface area contributed by atoms with Gasteiger partial charge in [-0.2, -0.15) is 0 Å². The fourth-order valence-electron chi connectivity index (χ4n) is 5.25. The summed E-state index contributed by atoms with van der Waals surface area (Å²) in [7, 11) is 0. The molecule has 1 saturated heterocycles. The Balaban J connectivity index is 1.47. The van der Waals surface area contributed by atoms with Crippen LogP contribution in [0.4, 0.5) is 5.69 Å². The van der Waals surface area contributed by atoms with Crippen LogP contribution in [-0.4, -0.2) is 32.0 Å². The lowest BCUT2D eigenvalue weighted by Crippen LogP contribution is -2.32. The SMILES string of the molecule is Cc1cccc(NC(=O)CCN2C(=S)N[C@H](c3ccccn3)[C@@H]2c2cc(C)n(-c3cccc(Cl)c3)c2C)c1. The predicted octanol–water partition coefficient (Wildman–Crippen LogP) is 6.45. The van der Waals surface area contributed by atoms with Crippen LogP contribution in [0.25, 0.3) is 5.69 Å². The zero-order chi connectivity index (χ0) is 26.8. The van der Waals surface area contributed by atoms with Gasteiger partial charge in [0, 0.05) is 46.9 Å². The highest BCUT2D eigenvalue weighted by molar-refractivity contribution is 7.80. The van der Waals surface area contributed by atoms with Crippen molar-refractivity contribution in [2.24, 2.45) is 0 Å². The second kappa shape index (κ2) is 11.0. The Morgan fingerprint density at radius 1 is 1.05 bits per heavy atom. The molecule has 0 unspecified atom stereocenters. The van der Waals surface area contributed by atoms with Gasteiger partial charge in [0.15, 0.2) is 5.11 Å². The van der Waals surface area contributed by atoms with Crippen molar-refractivity contribution in [1.82, 2.24) is 19.8 Å². The normalized spacial score (nSPS) is 16.9. The number of hydrogen-bond acceptors (Lipinski definition) is 3. The Hall–Kier alpha value is -3.68. The number of aryl methyl sites for hydroxylation is 2. The largest absolute Gasteiger partial charge is 0.352 e. The number of amides is 1. The van der Waals surface area contributed by atoms with Crippen molar-refractivity contribution in [1.29, 1.82) is 0 Å². The van der Waals surface area contributed by atoms with Crippen LogP contribution in [0.2, 0.25) is 5.02 Å². The first-order valence-corrected chi connectivity index (χ1v) is 13.4. The molecule has 6 nitrogen and oxygen atoms in total. The minimum absolute atomic E-state index is 0.0529. The van der Waals surface area contributed by atoms with Crippen LogP contribution in [0.15, 0.2) is 79.0 Å². The predicted molar refractivity (Wildman–Crippen MR) is 157 cm³/mol. The number of halogens is 1. The third-order valence-corrected chi connectivity index (χ3v) is 7.52. The molecule has 0 spiro atoms. The molecule has 0 saturated carbocycles. The van der Waals surface area contributed by atoms with Crippen molar-refractivity contribution in [3.8, 4) is 5.69 Å². The first-order valence-electron chi connectivity index (χ1n) is 12.6. The van der Waals surface area contributed by atoms with Crippen molar-refractivity contribution in [2.45, 2.75) is 39.3 Å². The van der Waals surface area contributed by atoms with Gasteiger partial charge >= 0.3 is 0 Å². The lowest BCUT2D eigenvalue weighted by molar-refractivity contribution is -0.116. The molecule has 3 heterocycles. The fraction of sp³-hybridized carbons (Fsp3) is 0.233. The topological polar surface area (TPSA) is 62.2 Å². The van der Waals surface area contributed by atoms with E-state index in [4.69, 9.17) is 23.8 Å². The summed E-state index contributed by atoms with van der Waals surface area (Å²) in [5.74, 6) is -0.0529. The molecular weight excluding hydrogens is 514 g/mol. The number of aromatic nitrogens is 2. The molecule has 0 bridgehead atoms. The van der Waals surface area contributed by atoms with Crippen LogP contribution in [0.5, 0.6) is 0 Å². The van der Waals surface area contributed by atoms with Gasteiger partial charge in [0.1, 0.15) is 0 Å². The third kappa shape index (κ3) is 5.30. The Labute approximate surface area is 233 Å². The fourth-order valence-corrected chi connectivity index (χ4v) is 5.77. The van der Waals surface area contributed by atoms with Gasteiger partial charge in [0.05, 0.1) is 17.8 Å². The number of hydrogen-bond donors (Lipinski definition) is 2. The number of pyridine rings is 1. The zero-order valence-electron chi connectivity index (χ0n) is 21.6. The molecule has 194 valence electrons. The molecule has 0 radical (unpaired) electrons. The van der Waals surface area contributed by atoms with Crippen LogP contribution in [0, 0.1) is 20.8 Å². The first-order chi connectivity index (χ1) is 18.3. The molecule has 5 rings (SSSR count). The van der Waals surface area contributed by atoms with Crippen molar-refractivity contribution in [3.05, 3.63) is 112 Å². The van der Waals surface area contributed by atoms with Gasteiger partial charge in [0.2, 0.25) is 5.91 Å². The van der Waals surface area contributed by atoms with E-state index in [0.29, 0.717) is 23.1 Å². The minimum Gasteiger partial charge on any atom is -0.352 e. The number of carbonyl (C=O) groups excluding carboxylic acids is 1. The van der Waals surface area contributed by atoms with E-state index in [1.807, 2.05) is 67.6 Å². The Kier molecular flexibility index (Phi) is 7.49. The van der Waals surface area contributed by atoms with Crippen LogP contribution in [0.3, 0.4) is 0 Å². The van der Waals surface area contributed by atoms with Crippen LogP contribution < -0.4 is 10.6 Å². The van der Waals surface area contributed by atoms with Crippen LogP contribution >= 0.6 is 23.8 Å². The smallest absolute Gasteiger partial charge is 0.226 e. The highest BCUT2D eigenvalue weighted by Crippen LogP contribution is 2.41. The molecule has 1 amide bonds. The molecular formula is C30H30ClN5OS. The second-order valence-electron chi connectivity index (χ2n) is 9.63. The number of thiocarbonyl (C=S) groups is 1. The number of benzene rings is 2. The summed E-state index contributed by atoms with van der Waals surface area (Å²) >= 11 is 12.1. The summed E-state index contributed by atoms with van der Waals surface area (Å²) in [4.78, 5) is 19.7. The first kappa shape index (κ1) is 25.9. The Bertz CT molecular complexity index is 1490. The van der Waals surface area contributed by atoms with Gasteiger partial charge in [-0.3, -0.25) is 9.78 Å². The van der Waals surface area contributed by atoms with E-state index >= 15 is 0 Å². The van der Waals surface area contributed by atoms with Gasteiger partial charge in [-0.05, 0) is 92.6 Å². The quantitative estimate of drug-likeness (QED) is 0.262. The minimum atomic E-state index is -0.156. The average molecular weight is 544 g/mol. The molecule has 1 aliphatic heterocycles. The van der Waals surface area contributed by atoms with E-state index in [-0.39, 0.29) is 18.0 Å². The highest BCUT2D eigenvalue weighted by Gasteiger charge is 2.41. The lowest BCUT2D eigenvalue weighted by atomic mass is 9.96. The average Bonchev–Trinajstić information content (AvgIpc) is 3.37. The van der Waals surface area contributed by atoms with E-state index in [1.54, 1.807) is 6.20 Å². The molecule has 2 atom stereocenters. The maximum Gasteiger partial charge on any atom is 0.226 e. The third-order valence-electron chi connectivity index (χ3n) is 6.93. The number of nitrogens with zero attached hydrogens (tertiary/aromatic N) is 3. The van der Waals surface area contributed by atoms with Crippen molar-refractivity contribution in [3.63, 3.8) is 0 Å². The lowest BCUT2D eigenvalue weighted by Gasteiger charge is -2.28. The summed E-state index contributed by atoms with van der Waals surface area (Å²) in [6.45, 7) is 6.68. The van der Waals surface area contributed by atoms with E-state index in [9.17, 15) is 4.79 Å². The van der Waals surface area contributed by atoms with Gasteiger partial charge in [0.25, 0.3) is 0 Å². The molecule has 2 aromatic carbocycles. The molecule has 4 aromatic rings. The maximum atomic E-state index is 12.9. The van der Waals surface area contributed by atoms with Gasteiger partial charge in [-0.1, -0.05) is 35.9 Å². The summed E-state index contributed by atoms with van der Waals surface area (Å²) in [6, 6.07) is 23.5. The van der Waals surface area contributed by atoms with Crippen molar-refractivity contribution in [2.75, 3.05) is 11.9 Å². The van der Waals surface area contributed by atoms with Crippen LogP contribution in [0.1, 0.15) is 46.7 Å². The van der Waals surface area contributed by atoms with E-state index in [0.717, 1.165) is 39.6 Å². The van der Waals surface area contributed by atoms with Gasteiger partial charge in [-0.15, -0.1) is 0 Å². The molecule has 8 heteroatoms.